The molecule has 4 nitrogen and oxygen atoms in total. The Hall–Kier alpha value is -1.97. The topological polar surface area (TPSA) is 55.7 Å². The Balaban J connectivity index is 2.93. The molecule has 1 aliphatic rings. The lowest BCUT2D eigenvalue weighted by molar-refractivity contribution is -0.137. The van der Waals surface area contributed by atoms with E-state index in [0.717, 1.165) is 0 Å². The minimum absolute atomic E-state index is 0.0127. The number of allylic oxidation sites excluding steroid dienone is 5. The zero-order valence-corrected chi connectivity index (χ0v) is 11.1. The van der Waals surface area contributed by atoms with E-state index in [4.69, 9.17) is 4.84 Å². The van der Waals surface area contributed by atoms with Gasteiger partial charge in [-0.15, -0.1) is 0 Å². The summed E-state index contributed by atoms with van der Waals surface area (Å²) in [6.45, 7) is 7.34. The van der Waals surface area contributed by atoms with Crippen LogP contribution in [-0.4, -0.2) is 17.5 Å². The van der Waals surface area contributed by atoms with Gasteiger partial charge >= 0.3 is 5.97 Å². The minimum atomic E-state index is -0.533. The van der Waals surface area contributed by atoms with E-state index in [-0.39, 0.29) is 11.7 Å². The SMILES string of the molecule is C/C=C/C(=O)O/N=C1/C=C(C(C)C)C(=O)C=C1C. The highest BCUT2D eigenvalue weighted by Crippen LogP contribution is 2.19. The fourth-order valence-corrected chi connectivity index (χ4v) is 1.50. The summed E-state index contributed by atoms with van der Waals surface area (Å²) in [5, 5.41) is 3.77. The van der Waals surface area contributed by atoms with Crippen LogP contribution in [0.15, 0.2) is 40.6 Å². The molecule has 0 N–H and O–H groups in total. The first kappa shape index (κ1) is 14.1. The number of carbonyl (C=O) groups excluding carboxylic acids is 2. The molecule has 0 aliphatic heterocycles. The molecule has 0 unspecified atom stereocenters. The quantitative estimate of drug-likeness (QED) is 0.333. The third-order valence-electron chi connectivity index (χ3n) is 2.49. The molecule has 0 bridgehead atoms. The second-order valence-corrected chi connectivity index (χ2v) is 4.33. The Bertz CT molecular complexity index is 479. The van der Waals surface area contributed by atoms with Crippen molar-refractivity contribution >= 4 is 17.5 Å². The molecule has 0 amide bonds. The maximum atomic E-state index is 11.7. The molecular weight excluding hydrogens is 230 g/mol. The Morgan fingerprint density at radius 2 is 2.06 bits per heavy atom. The summed E-state index contributed by atoms with van der Waals surface area (Å²) in [7, 11) is 0. The summed E-state index contributed by atoms with van der Waals surface area (Å²) in [4.78, 5) is 27.6. The van der Waals surface area contributed by atoms with E-state index < -0.39 is 5.97 Å². The normalized spacial score (nSPS) is 18.3. The van der Waals surface area contributed by atoms with Crippen molar-refractivity contribution in [2.45, 2.75) is 27.7 Å². The smallest absolute Gasteiger partial charge is 0.313 e. The van der Waals surface area contributed by atoms with Gasteiger partial charge in [-0.25, -0.2) is 4.79 Å². The Kier molecular flexibility index (Phi) is 4.77. The molecule has 1 rings (SSSR count). The fraction of sp³-hybridized carbons (Fsp3) is 0.357. The lowest BCUT2D eigenvalue weighted by Gasteiger charge is -2.14. The predicted octanol–water partition coefficient (Wildman–Crippen LogP) is 2.57. The third kappa shape index (κ3) is 3.52. The average molecular weight is 247 g/mol. The number of ketones is 1. The Morgan fingerprint density at radius 1 is 1.39 bits per heavy atom. The van der Waals surface area contributed by atoms with Gasteiger partial charge in [-0.05, 0) is 37.5 Å². The number of carbonyl (C=O) groups is 2. The molecule has 4 heteroatoms. The monoisotopic (exact) mass is 247 g/mol. The van der Waals surface area contributed by atoms with E-state index >= 15 is 0 Å². The number of oxime groups is 1. The first-order valence-electron chi connectivity index (χ1n) is 5.82. The van der Waals surface area contributed by atoms with Crippen molar-refractivity contribution < 1.29 is 14.4 Å². The molecule has 0 radical (unpaired) electrons. The van der Waals surface area contributed by atoms with Gasteiger partial charge in [0, 0.05) is 11.6 Å². The average Bonchev–Trinajstić information content (AvgIpc) is 2.27. The van der Waals surface area contributed by atoms with Crippen LogP contribution >= 0.6 is 0 Å². The van der Waals surface area contributed by atoms with Crippen molar-refractivity contribution in [3.63, 3.8) is 0 Å². The van der Waals surface area contributed by atoms with Crippen LogP contribution in [0.3, 0.4) is 0 Å². The van der Waals surface area contributed by atoms with Crippen LogP contribution in [0.4, 0.5) is 0 Å². The number of hydrogen-bond acceptors (Lipinski definition) is 4. The van der Waals surface area contributed by atoms with E-state index in [9.17, 15) is 9.59 Å². The molecular formula is C14H17NO3. The molecule has 0 heterocycles. The first-order valence-corrected chi connectivity index (χ1v) is 5.82. The zero-order valence-electron chi connectivity index (χ0n) is 11.1. The van der Waals surface area contributed by atoms with Gasteiger partial charge in [0.05, 0.1) is 0 Å². The van der Waals surface area contributed by atoms with Crippen LogP contribution in [0.25, 0.3) is 0 Å². The minimum Gasteiger partial charge on any atom is -0.313 e. The van der Waals surface area contributed by atoms with Crippen LogP contribution in [0.1, 0.15) is 27.7 Å². The maximum Gasteiger partial charge on any atom is 0.358 e. The van der Waals surface area contributed by atoms with Gasteiger partial charge < -0.3 is 4.84 Å². The fourth-order valence-electron chi connectivity index (χ4n) is 1.50. The highest BCUT2D eigenvalue weighted by atomic mass is 16.7. The lowest BCUT2D eigenvalue weighted by Crippen LogP contribution is -2.16. The second-order valence-electron chi connectivity index (χ2n) is 4.33. The molecule has 0 fully saturated rings. The summed E-state index contributed by atoms with van der Waals surface area (Å²) in [5.41, 5.74) is 1.87. The van der Waals surface area contributed by atoms with Gasteiger partial charge in [0.15, 0.2) is 5.78 Å². The van der Waals surface area contributed by atoms with Crippen molar-refractivity contribution in [1.29, 1.82) is 0 Å². The molecule has 0 spiro atoms. The highest BCUT2D eigenvalue weighted by Gasteiger charge is 2.19. The van der Waals surface area contributed by atoms with Crippen molar-refractivity contribution in [3.8, 4) is 0 Å². The number of hydrogen-bond donors (Lipinski definition) is 0. The summed E-state index contributed by atoms with van der Waals surface area (Å²) in [6.07, 6.45) is 6.04. The first-order chi connectivity index (χ1) is 8.45. The zero-order chi connectivity index (χ0) is 13.7. The lowest BCUT2D eigenvalue weighted by atomic mass is 9.90. The van der Waals surface area contributed by atoms with E-state index in [1.54, 1.807) is 26.0 Å². The van der Waals surface area contributed by atoms with Crippen molar-refractivity contribution in [3.05, 3.63) is 35.5 Å². The molecule has 18 heavy (non-hydrogen) atoms. The summed E-state index contributed by atoms with van der Waals surface area (Å²) in [6, 6.07) is 0. The van der Waals surface area contributed by atoms with Gasteiger partial charge in [-0.1, -0.05) is 25.1 Å². The van der Waals surface area contributed by atoms with Gasteiger partial charge in [-0.3, -0.25) is 4.79 Å². The van der Waals surface area contributed by atoms with Crippen molar-refractivity contribution in [1.82, 2.24) is 0 Å². The molecule has 0 atom stereocenters. The van der Waals surface area contributed by atoms with Gasteiger partial charge in [0.1, 0.15) is 5.71 Å². The van der Waals surface area contributed by atoms with Crippen LogP contribution < -0.4 is 0 Å². The summed E-state index contributed by atoms with van der Waals surface area (Å²) >= 11 is 0. The maximum absolute atomic E-state index is 11.7. The standard InChI is InChI=1S/C14H17NO3/c1-5-6-14(17)18-15-12-8-11(9(2)3)13(16)7-10(12)4/h5-9H,1-4H3/b6-5+,15-12-. The van der Waals surface area contributed by atoms with Crippen LogP contribution in [-0.2, 0) is 14.4 Å². The molecule has 0 aromatic rings. The van der Waals surface area contributed by atoms with Crippen molar-refractivity contribution in [2.24, 2.45) is 11.1 Å². The Morgan fingerprint density at radius 3 is 2.61 bits per heavy atom. The van der Waals surface area contributed by atoms with Crippen LogP contribution in [0.5, 0.6) is 0 Å². The van der Waals surface area contributed by atoms with E-state index in [2.05, 4.69) is 5.16 Å². The van der Waals surface area contributed by atoms with Crippen molar-refractivity contribution in [2.75, 3.05) is 0 Å². The molecule has 0 saturated carbocycles. The van der Waals surface area contributed by atoms with E-state index in [1.807, 2.05) is 13.8 Å². The molecule has 0 aromatic heterocycles. The van der Waals surface area contributed by atoms with Crippen LogP contribution in [0.2, 0.25) is 0 Å². The van der Waals surface area contributed by atoms with Gasteiger partial charge in [0.2, 0.25) is 0 Å². The van der Waals surface area contributed by atoms with Gasteiger partial charge in [0.25, 0.3) is 0 Å². The van der Waals surface area contributed by atoms with E-state index in [0.29, 0.717) is 16.9 Å². The van der Waals surface area contributed by atoms with Crippen LogP contribution in [0, 0.1) is 5.92 Å². The van der Waals surface area contributed by atoms with Gasteiger partial charge in [-0.2, -0.15) is 0 Å². The Labute approximate surface area is 107 Å². The molecule has 0 aromatic carbocycles. The summed E-state index contributed by atoms with van der Waals surface area (Å²) in [5.74, 6) is -0.436. The molecule has 0 saturated heterocycles. The second kappa shape index (κ2) is 6.10. The predicted molar refractivity (Wildman–Crippen MR) is 70.0 cm³/mol. The number of rotatable bonds is 3. The number of nitrogens with zero attached hydrogens (tertiary/aromatic N) is 1. The van der Waals surface area contributed by atoms with E-state index in [1.165, 1.54) is 12.2 Å². The highest BCUT2D eigenvalue weighted by molar-refractivity contribution is 6.21. The summed E-state index contributed by atoms with van der Waals surface area (Å²) < 4.78 is 0. The largest absolute Gasteiger partial charge is 0.358 e. The molecule has 1 aliphatic carbocycles. The molecule has 96 valence electrons. The third-order valence-corrected chi connectivity index (χ3v) is 2.49.